The van der Waals surface area contributed by atoms with Crippen LogP contribution in [0.3, 0.4) is 0 Å². The molecule has 0 aliphatic rings. The van der Waals surface area contributed by atoms with Gasteiger partial charge in [-0.3, -0.25) is 9.20 Å². The molecule has 0 saturated carbocycles. The van der Waals surface area contributed by atoms with Gasteiger partial charge in [-0.1, -0.05) is 42.1 Å². The SMILES string of the molecule is Cc1ccccc1-c1nnc(SCc2cc(=O)n3c(C)cccc3n2)n1N. The third kappa shape index (κ3) is 3.19. The second-order valence-corrected chi connectivity index (χ2v) is 7.17. The van der Waals surface area contributed by atoms with Gasteiger partial charge in [0.1, 0.15) is 5.65 Å². The standard InChI is InChI=1S/C19H18N6OS/c1-12-6-3-4-8-15(12)18-22-23-19(25(18)20)27-11-14-10-17(26)24-13(2)7-5-9-16(24)21-14/h3-10H,11,20H2,1-2H3. The number of benzene rings is 1. The minimum absolute atomic E-state index is 0.0940. The Hall–Kier alpha value is -3.13. The summed E-state index contributed by atoms with van der Waals surface area (Å²) < 4.78 is 3.07. The molecular formula is C19H18N6OS. The molecular weight excluding hydrogens is 360 g/mol. The number of nitrogens with two attached hydrogens (primary N) is 1. The molecule has 0 radical (unpaired) electrons. The van der Waals surface area contributed by atoms with Gasteiger partial charge in [0.25, 0.3) is 5.56 Å². The normalized spacial score (nSPS) is 11.2. The van der Waals surface area contributed by atoms with E-state index in [-0.39, 0.29) is 5.56 Å². The Kier molecular flexibility index (Phi) is 4.41. The van der Waals surface area contributed by atoms with E-state index in [2.05, 4.69) is 15.2 Å². The van der Waals surface area contributed by atoms with Crippen LogP contribution >= 0.6 is 11.8 Å². The van der Waals surface area contributed by atoms with Crippen LogP contribution in [0.15, 0.2) is 58.5 Å². The molecule has 8 heteroatoms. The molecule has 0 fully saturated rings. The third-order valence-electron chi connectivity index (χ3n) is 4.33. The summed E-state index contributed by atoms with van der Waals surface area (Å²) in [5.74, 6) is 7.28. The quantitative estimate of drug-likeness (QED) is 0.433. The lowest BCUT2D eigenvalue weighted by Crippen LogP contribution is -2.17. The third-order valence-corrected chi connectivity index (χ3v) is 5.31. The van der Waals surface area contributed by atoms with Crippen molar-refractivity contribution in [3.8, 4) is 11.4 Å². The van der Waals surface area contributed by atoms with Crippen molar-refractivity contribution >= 4 is 17.4 Å². The highest BCUT2D eigenvalue weighted by Gasteiger charge is 2.14. The van der Waals surface area contributed by atoms with Gasteiger partial charge in [-0.05, 0) is 31.5 Å². The van der Waals surface area contributed by atoms with E-state index in [0.717, 1.165) is 16.8 Å². The molecule has 136 valence electrons. The monoisotopic (exact) mass is 378 g/mol. The predicted molar refractivity (Wildman–Crippen MR) is 106 cm³/mol. The highest BCUT2D eigenvalue weighted by atomic mass is 32.2. The van der Waals surface area contributed by atoms with Crippen LogP contribution in [0, 0.1) is 13.8 Å². The summed E-state index contributed by atoms with van der Waals surface area (Å²) in [6.07, 6.45) is 0. The second-order valence-electron chi connectivity index (χ2n) is 6.23. The zero-order chi connectivity index (χ0) is 19.0. The maximum atomic E-state index is 12.4. The molecule has 27 heavy (non-hydrogen) atoms. The van der Waals surface area contributed by atoms with Gasteiger partial charge in [0.15, 0.2) is 5.82 Å². The number of nitrogen functional groups attached to an aromatic ring is 1. The number of nitrogens with zero attached hydrogens (tertiary/aromatic N) is 5. The van der Waals surface area contributed by atoms with E-state index < -0.39 is 0 Å². The summed E-state index contributed by atoms with van der Waals surface area (Å²) >= 11 is 1.40. The lowest BCUT2D eigenvalue weighted by atomic mass is 10.1. The summed E-state index contributed by atoms with van der Waals surface area (Å²) in [5.41, 5.74) is 4.09. The van der Waals surface area contributed by atoms with Gasteiger partial charge in [0.05, 0.1) is 5.69 Å². The molecule has 7 nitrogen and oxygen atoms in total. The molecule has 0 saturated heterocycles. The molecule has 0 aliphatic heterocycles. The van der Waals surface area contributed by atoms with Crippen molar-refractivity contribution in [1.82, 2.24) is 24.3 Å². The molecule has 0 spiro atoms. The van der Waals surface area contributed by atoms with Gasteiger partial charge in [0, 0.05) is 23.1 Å². The average Bonchev–Trinajstić information content (AvgIpc) is 3.01. The molecule has 0 bridgehead atoms. The molecule has 4 rings (SSSR count). The number of hydrogen-bond acceptors (Lipinski definition) is 6. The summed E-state index contributed by atoms with van der Waals surface area (Å²) in [6.45, 7) is 3.89. The van der Waals surface area contributed by atoms with Crippen molar-refractivity contribution in [1.29, 1.82) is 0 Å². The van der Waals surface area contributed by atoms with Crippen LogP contribution in [-0.4, -0.2) is 24.3 Å². The van der Waals surface area contributed by atoms with Crippen molar-refractivity contribution in [3.63, 3.8) is 0 Å². The van der Waals surface area contributed by atoms with Crippen molar-refractivity contribution < 1.29 is 0 Å². The van der Waals surface area contributed by atoms with Gasteiger partial charge in [-0.15, -0.1) is 10.2 Å². The number of hydrogen-bond donors (Lipinski definition) is 1. The number of thioether (sulfide) groups is 1. The molecule has 2 N–H and O–H groups in total. The minimum Gasteiger partial charge on any atom is -0.335 e. The summed E-state index contributed by atoms with van der Waals surface area (Å²) in [5, 5.41) is 8.97. The Morgan fingerprint density at radius 1 is 1.07 bits per heavy atom. The lowest BCUT2D eigenvalue weighted by Gasteiger charge is -2.07. The van der Waals surface area contributed by atoms with Crippen LogP contribution in [-0.2, 0) is 5.75 Å². The van der Waals surface area contributed by atoms with Gasteiger partial charge >= 0.3 is 0 Å². The largest absolute Gasteiger partial charge is 0.335 e. The Labute approximate surface area is 159 Å². The van der Waals surface area contributed by atoms with E-state index in [1.807, 2.05) is 56.3 Å². The highest BCUT2D eigenvalue weighted by Crippen LogP contribution is 2.25. The Bertz CT molecular complexity index is 1200. The van der Waals surface area contributed by atoms with Crippen molar-refractivity contribution in [2.45, 2.75) is 24.8 Å². The predicted octanol–water partition coefficient (Wildman–Crippen LogP) is 2.58. The van der Waals surface area contributed by atoms with Crippen molar-refractivity contribution in [2.75, 3.05) is 5.84 Å². The number of rotatable bonds is 4. The first-order chi connectivity index (χ1) is 13.0. The van der Waals surface area contributed by atoms with Crippen LogP contribution < -0.4 is 11.4 Å². The maximum absolute atomic E-state index is 12.4. The fourth-order valence-electron chi connectivity index (χ4n) is 2.96. The summed E-state index contributed by atoms with van der Waals surface area (Å²) in [4.78, 5) is 16.9. The fourth-order valence-corrected chi connectivity index (χ4v) is 3.71. The zero-order valence-electron chi connectivity index (χ0n) is 15.0. The molecule has 1 aromatic carbocycles. The molecule has 4 aromatic rings. The van der Waals surface area contributed by atoms with Gasteiger partial charge in [-0.25, -0.2) is 9.66 Å². The van der Waals surface area contributed by atoms with Gasteiger partial charge in [0.2, 0.25) is 5.16 Å². The topological polar surface area (TPSA) is 91.1 Å². The first-order valence-electron chi connectivity index (χ1n) is 8.42. The molecule has 3 heterocycles. The molecule has 0 atom stereocenters. The first kappa shape index (κ1) is 17.3. The highest BCUT2D eigenvalue weighted by molar-refractivity contribution is 7.98. The lowest BCUT2D eigenvalue weighted by molar-refractivity contribution is 0.848. The van der Waals surface area contributed by atoms with Crippen molar-refractivity contribution in [2.24, 2.45) is 0 Å². The van der Waals surface area contributed by atoms with E-state index in [4.69, 9.17) is 5.84 Å². The maximum Gasteiger partial charge on any atom is 0.258 e. The van der Waals surface area contributed by atoms with E-state index in [0.29, 0.717) is 28.1 Å². The van der Waals surface area contributed by atoms with Crippen LogP contribution in [0.1, 0.15) is 17.0 Å². The van der Waals surface area contributed by atoms with E-state index in [1.165, 1.54) is 16.4 Å². The summed E-state index contributed by atoms with van der Waals surface area (Å²) in [7, 11) is 0. The van der Waals surface area contributed by atoms with Crippen LogP contribution in [0.2, 0.25) is 0 Å². The fraction of sp³-hybridized carbons (Fsp3) is 0.158. The van der Waals surface area contributed by atoms with Crippen LogP contribution in [0.5, 0.6) is 0 Å². The Balaban J connectivity index is 1.61. The Morgan fingerprint density at radius 3 is 2.70 bits per heavy atom. The molecule has 3 aromatic heterocycles. The number of pyridine rings is 1. The first-order valence-corrected chi connectivity index (χ1v) is 9.41. The minimum atomic E-state index is -0.0940. The summed E-state index contributed by atoms with van der Waals surface area (Å²) in [6, 6.07) is 15.0. The van der Waals surface area contributed by atoms with Gasteiger partial charge < -0.3 is 5.84 Å². The van der Waals surface area contributed by atoms with E-state index in [9.17, 15) is 4.79 Å². The van der Waals surface area contributed by atoms with Gasteiger partial charge in [-0.2, -0.15) is 0 Å². The number of aryl methyl sites for hydroxylation is 2. The average molecular weight is 378 g/mol. The smallest absolute Gasteiger partial charge is 0.258 e. The second kappa shape index (κ2) is 6.88. The molecule has 0 unspecified atom stereocenters. The Morgan fingerprint density at radius 2 is 1.89 bits per heavy atom. The molecule has 0 aliphatic carbocycles. The number of aromatic nitrogens is 5. The zero-order valence-corrected chi connectivity index (χ0v) is 15.8. The van der Waals surface area contributed by atoms with Crippen molar-refractivity contribution in [3.05, 3.63) is 75.8 Å². The van der Waals surface area contributed by atoms with Crippen LogP contribution in [0.25, 0.3) is 17.0 Å². The van der Waals surface area contributed by atoms with E-state index >= 15 is 0 Å². The molecule has 0 amide bonds. The number of fused-ring (bicyclic) bond motifs is 1. The van der Waals surface area contributed by atoms with Crippen LogP contribution in [0.4, 0.5) is 0 Å². The van der Waals surface area contributed by atoms with E-state index in [1.54, 1.807) is 10.5 Å².